The fraction of sp³-hybridized carbons (Fsp3) is 0.562. The van der Waals surface area contributed by atoms with Gasteiger partial charge in [-0.15, -0.1) is 0 Å². The molecular formula is C16H23F3N2O4S. The van der Waals surface area contributed by atoms with Gasteiger partial charge in [0.1, 0.15) is 21.7 Å². The Balaban J connectivity index is 2.65. The summed E-state index contributed by atoms with van der Waals surface area (Å²) >= 11 is 0. The van der Waals surface area contributed by atoms with Gasteiger partial charge in [0.15, 0.2) is 0 Å². The topological polar surface area (TPSA) is 98.5 Å². The number of sulfone groups is 1. The van der Waals surface area contributed by atoms with E-state index in [2.05, 4.69) is 5.32 Å². The summed E-state index contributed by atoms with van der Waals surface area (Å²) in [6.45, 7) is 1.66. The van der Waals surface area contributed by atoms with Crippen LogP contribution in [0.3, 0.4) is 0 Å². The molecule has 2 atom stereocenters. The lowest BCUT2D eigenvalue weighted by molar-refractivity contribution is -0.139. The Hall–Kier alpha value is -1.81. The highest BCUT2D eigenvalue weighted by molar-refractivity contribution is 7.90. The number of amides is 1. The van der Waals surface area contributed by atoms with Crippen LogP contribution in [-0.2, 0) is 20.8 Å². The Kier molecular flexibility index (Phi) is 7.88. The fourth-order valence-corrected chi connectivity index (χ4v) is 2.75. The van der Waals surface area contributed by atoms with Gasteiger partial charge in [-0.25, -0.2) is 8.42 Å². The molecule has 0 heterocycles. The molecule has 0 aliphatic heterocycles. The van der Waals surface area contributed by atoms with Gasteiger partial charge in [0.25, 0.3) is 0 Å². The molecular weight excluding hydrogens is 373 g/mol. The van der Waals surface area contributed by atoms with Gasteiger partial charge >= 0.3 is 6.18 Å². The molecule has 6 nitrogen and oxygen atoms in total. The summed E-state index contributed by atoms with van der Waals surface area (Å²) in [5.74, 6) is -1.13. The van der Waals surface area contributed by atoms with Gasteiger partial charge in [-0.1, -0.05) is 19.1 Å². The summed E-state index contributed by atoms with van der Waals surface area (Å²) in [5, 5.41) is 2.48. The smallest absolute Gasteiger partial charge is 0.419 e. The average Bonchev–Trinajstić information content (AvgIpc) is 2.54. The van der Waals surface area contributed by atoms with Crippen molar-refractivity contribution in [3.8, 4) is 5.75 Å². The number of carbonyl (C=O) groups is 1. The quantitative estimate of drug-likeness (QED) is 0.663. The van der Waals surface area contributed by atoms with E-state index < -0.39 is 39.6 Å². The zero-order valence-corrected chi connectivity index (χ0v) is 15.4. The first kappa shape index (κ1) is 22.2. The van der Waals surface area contributed by atoms with E-state index in [1.54, 1.807) is 6.92 Å². The molecule has 0 radical (unpaired) electrons. The van der Waals surface area contributed by atoms with Crippen molar-refractivity contribution in [1.82, 2.24) is 5.32 Å². The van der Waals surface area contributed by atoms with Crippen LogP contribution in [0.15, 0.2) is 24.3 Å². The van der Waals surface area contributed by atoms with E-state index in [0.29, 0.717) is 6.42 Å². The number of carbonyl (C=O) groups excluding carboxylic acids is 1. The van der Waals surface area contributed by atoms with Crippen LogP contribution in [0.25, 0.3) is 0 Å². The first-order valence-corrected chi connectivity index (χ1v) is 10.0. The van der Waals surface area contributed by atoms with E-state index in [4.69, 9.17) is 10.5 Å². The Labute approximate surface area is 150 Å². The second-order valence-corrected chi connectivity index (χ2v) is 8.17. The molecule has 0 spiro atoms. The van der Waals surface area contributed by atoms with Gasteiger partial charge < -0.3 is 15.8 Å². The Morgan fingerprint density at radius 3 is 2.46 bits per heavy atom. The van der Waals surface area contributed by atoms with Gasteiger partial charge in [0.2, 0.25) is 5.91 Å². The molecule has 0 aliphatic rings. The van der Waals surface area contributed by atoms with Crippen molar-refractivity contribution >= 4 is 15.7 Å². The maximum Gasteiger partial charge on any atom is 0.419 e. The minimum Gasteiger partial charge on any atom is -0.488 e. The second kappa shape index (κ2) is 9.22. The highest BCUT2D eigenvalue weighted by Gasteiger charge is 2.34. The van der Waals surface area contributed by atoms with Crippen LogP contribution in [0, 0.1) is 0 Å². The monoisotopic (exact) mass is 396 g/mol. The van der Waals surface area contributed by atoms with Gasteiger partial charge in [-0.05, 0) is 25.0 Å². The third-order valence-electron chi connectivity index (χ3n) is 3.58. The Bertz CT molecular complexity index is 708. The summed E-state index contributed by atoms with van der Waals surface area (Å²) < 4.78 is 66.5. The van der Waals surface area contributed by atoms with Crippen molar-refractivity contribution in [3.63, 3.8) is 0 Å². The number of hydrogen-bond donors (Lipinski definition) is 2. The molecule has 0 bridgehead atoms. The zero-order chi connectivity index (χ0) is 20.0. The first-order valence-electron chi connectivity index (χ1n) is 7.98. The zero-order valence-electron chi connectivity index (χ0n) is 14.5. The van der Waals surface area contributed by atoms with Crippen molar-refractivity contribution in [2.24, 2.45) is 5.73 Å². The number of alkyl halides is 3. The lowest BCUT2D eigenvalue weighted by Gasteiger charge is -2.22. The molecule has 3 N–H and O–H groups in total. The van der Waals surface area contributed by atoms with Crippen molar-refractivity contribution in [3.05, 3.63) is 29.8 Å². The van der Waals surface area contributed by atoms with Crippen LogP contribution in [-0.4, -0.2) is 45.0 Å². The van der Waals surface area contributed by atoms with Crippen LogP contribution in [0.5, 0.6) is 5.75 Å². The number of benzene rings is 1. The molecule has 26 heavy (non-hydrogen) atoms. The maximum absolute atomic E-state index is 13.0. The van der Waals surface area contributed by atoms with Gasteiger partial charge in [-0.3, -0.25) is 4.79 Å². The van der Waals surface area contributed by atoms with E-state index >= 15 is 0 Å². The molecule has 0 aliphatic carbocycles. The van der Waals surface area contributed by atoms with Crippen LogP contribution < -0.4 is 15.8 Å². The van der Waals surface area contributed by atoms with Crippen molar-refractivity contribution in [2.45, 2.75) is 38.1 Å². The molecule has 2 unspecified atom stereocenters. The van der Waals surface area contributed by atoms with E-state index in [0.717, 1.165) is 12.3 Å². The molecule has 148 valence electrons. The Morgan fingerprint density at radius 1 is 1.31 bits per heavy atom. The summed E-state index contributed by atoms with van der Waals surface area (Å²) in [4.78, 5) is 11.9. The third kappa shape index (κ3) is 7.61. The van der Waals surface area contributed by atoms with Crippen LogP contribution in [0.1, 0.15) is 25.3 Å². The fourth-order valence-electron chi connectivity index (χ4n) is 2.07. The predicted octanol–water partition coefficient (Wildman–Crippen LogP) is 1.74. The van der Waals surface area contributed by atoms with Crippen LogP contribution >= 0.6 is 0 Å². The van der Waals surface area contributed by atoms with Crippen molar-refractivity contribution in [1.29, 1.82) is 0 Å². The normalized spacial score (nSPS) is 14.5. The summed E-state index contributed by atoms with van der Waals surface area (Å²) in [5.41, 5.74) is 4.73. The summed E-state index contributed by atoms with van der Waals surface area (Å²) in [6.07, 6.45) is -3.89. The van der Waals surface area contributed by atoms with Gasteiger partial charge in [-0.2, -0.15) is 13.2 Å². The van der Waals surface area contributed by atoms with E-state index in [-0.39, 0.29) is 24.5 Å². The number of para-hydroxylation sites is 1. The first-order chi connectivity index (χ1) is 11.9. The van der Waals surface area contributed by atoms with Crippen molar-refractivity contribution in [2.75, 3.05) is 18.6 Å². The van der Waals surface area contributed by atoms with E-state index in [1.807, 2.05) is 0 Å². The minimum absolute atomic E-state index is 0.0424. The second-order valence-electron chi connectivity index (χ2n) is 5.91. The van der Waals surface area contributed by atoms with Gasteiger partial charge in [0, 0.05) is 6.26 Å². The highest BCUT2D eigenvalue weighted by atomic mass is 32.2. The molecule has 0 aromatic heterocycles. The molecule has 1 aromatic rings. The van der Waals surface area contributed by atoms with Gasteiger partial charge in [0.05, 0.1) is 23.9 Å². The number of nitrogens with one attached hydrogen (secondary N) is 1. The van der Waals surface area contributed by atoms with Crippen LogP contribution in [0.4, 0.5) is 13.2 Å². The maximum atomic E-state index is 13.0. The number of rotatable bonds is 9. The number of nitrogens with two attached hydrogens (primary N) is 1. The molecule has 0 fully saturated rings. The highest BCUT2D eigenvalue weighted by Crippen LogP contribution is 2.36. The lowest BCUT2D eigenvalue weighted by Crippen LogP contribution is -2.45. The number of halogens is 3. The molecule has 1 amide bonds. The largest absolute Gasteiger partial charge is 0.488 e. The molecule has 1 aromatic carbocycles. The lowest BCUT2D eigenvalue weighted by atomic mass is 10.2. The summed E-state index contributed by atoms with van der Waals surface area (Å²) in [6, 6.07) is 3.80. The third-order valence-corrected chi connectivity index (χ3v) is 4.56. The van der Waals surface area contributed by atoms with Crippen LogP contribution in [0.2, 0.25) is 0 Å². The standard InChI is InChI=1S/C16H23F3N2O4S/c1-3-11(10-21-15(22)13(20)8-9-26(2,23)24)25-14-7-5-4-6-12(14)16(17,18)19/h4-7,11,13H,3,8-10,20H2,1-2H3,(H,21,22). The SMILES string of the molecule is CCC(CNC(=O)C(N)CCS(C)(=O)=O)Oc1ccccc1C(F)(F)F. The summed E-state index contributed by atoms with van der Waals surface area (Å²) in [7, 11) is -3.24. The average molecular weight is 396 g/mol. The van der Waals surface area contributed by atoms with E-state index in [9.17, 15) is 26.4 Å². The number of hydrogen-bond acceptors (Lipinski definition) is 5. The Morgan fingerprint density at radius 2 is 1.92 bits per heavy atom. The van der Waals surface area contributed by atoms with E-state index in [1.165, 1.54) is 18.2 Å². The molecule has 0 saturated heterocycles. The van der Waals surface area contributed by atoms with Crippen molar-refractivity contribution < 1.29 is 31.1 Å². The number of ether oxygens (including phenoxy) is 1. The molecule has 0 saturated carbocycles. The predicted molar refractivity (Wildman–Crippen MR) is 91.5 cm³/mol. The molecule has 10 heteroatoms. The minimum atomic E-state index is -4.55. The molecule has 1 rings (SSSR count).